The molecule has 96 valence electrons. The van der Waals surface area contributed by atoms with Gasteiger partial charge in [0, 0.05) is 11.6 Å². The second-order valence-electron chi connectivity index (χ2n) is 5.52. The minimum absolute atomic E-state index is 0.0226. The predicted molar refractivity (Wildman–Crippen MR) is 68.7 cm³/mol. The van der Waals surface area contributed by atoms with Gasteiger partial charge in [0.05, 0.1) is 5.56 Å². The summed E-state index contributed by atoms with van der Waals surface area (Å²) in [5.41, 5.74) is 1.48. The van der Waals surface area contributed by atoms with Gasteiger partial charge in [0.15, 0.2) is 0 Å². The Morgan fingerprint density at radius 3 is 2.50 bits per heavy atom. The van der Waals surface area contributed by atoms with E-state index in [2.05, 4.69) is 19.2 Å². The number of nitrogens with one attached hydrogen (secondary N) is 1. The van der Waals surface area contributed by atoms with Gasteiger partial charge < -0.3 is 10.4 Å². The summed E-state index contributed by atoms with van der Waals surface area (Å²) >= 11 is 0. The van der Waals surface area contributed by atoms with Crippen molar-refractivity contribution in [1.82, 2.24) is 0 Å². The molecule has 0 spiro atoms. The molecule has 1 aromatic rings. The molecular formula is C14H17NO3. The lowest BCUT2D eigenvalue weighted by Gasteiger charge is -2.11. The number of hydrogen-bond donors (Lipinski definition) is 2. The van der Waals surface area contributed by atoms with Crippen LogP contribution in [0.2, 0.25) is 0 Å². The van der Waals surface area contributed by atoms with Gasteiger partial charge in [-0.2, -0.15) is 0 Å². The first-order valence-electron chi connectivity index (χ1n) is 5.97. The maximum Gasteiger partial charge on any atom is 0.336 e. The van der Waals surface area contributed by atoms with Crippen LogP contribution in [0.25, 0.3) is 0 Å². The van der Waals surface area contributed by atoms with Crippen molar-refractivity contribution >= 4 is 17.6 Å². The molecule has 4 nitrogen and oxygen atoms in total. The summed E-state index contributed by atoms with van der Waals surface area (Å²) in [6, 6.07) is 4.91. The second-order valence-corrected chi connectivity index (χ2v) is 5.52. The second kappa shape index (κ2) is 4.12. The first-order valence-corrected chi connectivity index (χ1v) is 5.97. The molecule has 0 aliphatic heterocycles. The van der Waals surface area contributed by atoms with Crippen molar-refractivity contribution in [3.8, 4) is 0 Å². The third-order valence-corrected chi connectivity index (χ3v) is 3.65. The Balaban J connectivity index is 2.18. The fraction of sp³-hybridized carbons (Fsp3) is 0.429. The van der Waals surface area contributed by atoms with Crippen molar-refractivity contribution in [2.75, 3.05) is 5.32 Å². The number of carboxylic acids is 1. The molecular weight excluding hydrogens is 230 g/mol. The molecule has 4 heteroatoms. The van der Waals surface area contributed by atoms with Crippen LogP contribution in [0.5, 0.6) is 0 Å². The highest BCUT2D eigenvalue weighted by atomic mass is 16.4. The van der Waals surface area contributed by atoms with Crippen molar-refractivity contribution in [3.63, 3.8) is 0 Å². The zero-order valence-electron chi connectivity index (χ0n) is 10.8. The van der Waals surface area contributed by atoms with Gasteiger partial charge in [-0.1, -0.05) is 19.9 Å². The van der Waals surface area contributed by atoms with E-state index in [-0.39, 0.29) is 22.8 Å². The van der Waals surface area contributed by atoms with Gasteiger partial charge >= 0.3 is 5.97 Å². The maximum atomic E-state index is 12.0. The highest BCUT2D eigenvalue weighted by molar-refractivity contribution is 5.98. The summed E-state index contributed by atoms with van der Waals surface area (Å²) in [6.45, 7) is 5.81. The molecule has 2 N–H and O–H groups in total. The average molecular weight is 247 g/mol. The summed E-state index contributed by atoms with van der Waals surface area (Å²) in [5, 5.41) is 11.8. The molecule has 18 heavy (non-hydrogen) atoms. The number of anilines is 1. The van der Waals surface area contributed by atoms with Crippen LogP contribution >= 0.6 is 0 Å². The number of carbonyl (C=O) groups excluding carboxylic acids is 1. The number of hydrogen-bond acceptors (Lipinski definition) is 2. The largest absolute Gasteiger partial charge is 0.478 e. The highest BCUT2D eigenvalue weighted by Gasteiger charge is 2.50. The van der Waals surface area contributed by atoms with Crippen LogP contribution < -0.4 is 5.32 Å². The minimum Gasteiger partial charge on any atom is -0.478 e. The summed E-state index contributed by atoms with van der Waals surface area (Å²) in [6.07, 6.45) is 0.885. The lowest BCUT2D eigenvalue weighted by molar-refractivity contribution is -0.118. The molecule has 1 unspecified atom stereocenters. The van der Waals surface area contributed by atoms with Gasteiger partial charge in [-0.3, -0.25) is 4.79 Å². The molecule has 1 atom stereocenters. The summed E-state index contributed by atoms with van der Waals surface area (Å²) in [5.74, 6) is -0.966. The van der Waals surface area contributed by atoms with E-state index in [0.717, 1.165) is 6.42 Å². The van der Waals surface area contributed by atoms with Gasteiger partial charge in [0.2, 0.25) is 5.91 Å². The van der Waals surface area contributed by atoms with Crippen molar-refractivity contribution in [3.05, 3.63) is 29.3 Å². The summed E-state index contributed by atoms with van der Waals surface area (Å²) in [7, 11) is 0. The van der Waals surface area contributed by atoms with E-state index in [1.807, 2.05) is 0 Å². The zero-order chi connectivity index (χ0) is 13.5. The molecule has 0 bridgehead atoms. The van der Waals surface area contributed by atoms with Crippen LogP contribution in [-0.4, -0.2) is 17.0 Å². The molecule has 1 aliphatic rings. The van der Waals surface area contributed by atoms with Gasteiger partial charge in [-0.15, -0.1) is 0 Å². The SMILES string of the molecule is Cc1c(NC(=O)C2CC2(C)C)cccc1C(=O)O. The number of carboxylic acid groups (broad SMARTS) is 1. The quantitative estimate of drug-likeness (QED) is 0.863. The molecule has 0 aromatic heterocycles. The molecule has 2 rings (SSSR count). The van der Waals surface area contributed by atoms with E-state index < -0.39 is 5.97 Å². The molecule has 1 aliphatic carbocycles. The molecule has 1 aromatic carbocycles. The third kappa shape index (κ3) is 2.23. The molecule has 1 amide bonds. The lowest BCUT2D eigenvalue weighted by Crippen LogP contribution is -2.17. The first-order chi connectivity index (χ1) is 8.33. The summed E-state index contributed by atoms with van der Waals surface area (Å²) in [4.78, 5) is 23.0. The molecule has 0 radical (unpaired) electrons. The lowest BCUT2D eigenvalue weighted by atomic mass is 10.1. The molecule has 0 saturated heterocycles. The van der Waals surface area contributed by atoms with Crippen molar-refractivity contribution in [1.29, 1.82) is 0 Å². The highest BCUT2D eigenvalue weighted by Crippen LogP contribution is 2.52. The van der Waals surface area contributed by atoms with Crippen molar-refractivity contribution in [2.45, 2.75) is 27.2 Å². The van der Waals surface area contributed by atoms with E-state index >= 15 is 0 Å². The zero-order valence-corrected chi connectivity index (χ0v) is 10.8. The van der Waals surface area contributed by atoms with Gasteiger partial charge in [0.25, 0.3) is 0 Å². The predicted octanol–water partition coefficient (Wildman–Crippen LogP) is 2.68. The molecule has 0 heterocycles. The number of rotatable bonds is 3. The molecule has 1 saturated carbocycles. The Hall–Kier alpha value is -1.84. The number of carbonyl (C=O) groups is 2. The minimum atomic E-state index is -0.977. The Kier molecular flexibility index (Phi) is 2.89. The number of amides is 1. The van der Waals surface area contributed by atoms with E-state index in [0.29, 0.717) is 11.3 Å². The third-order valence-electron chi connectivity index (χ3n) is 3.65. The molecule has 1 fully saturated rings. The van der Waals surface area contributed by atoms with Gasteiger partial charge in [-0.25, -0.2) is 4.79 Å². The van der Waals surface area contributed by atoms with Crippen LogP contribution in [0.15, 0.2) is 18.2 Å². The summed E-state index contributed by atoms with van der Waals surface area (Å²) < 4.78 is 0. The van der Waals surface area contributed by atoms with E-state index in [1.165, 1.54) is 6.07 Å². The Morgan fingerprint density at radius 2 is 2.00 bits per heavy atom. The van der Waals surface area contributed by atoms with Gasteiger partial charge in [-0.05, 0) is 36.5 Å². The monoisotopic (exact) mass is 247 g/mol. The number of benzene rings is 1. The van der Waals surface area contributed by atoms with E-state index in [9.17, 15) is 9.59 Å². The van der Waals surface area contributed by atoms with Crippen molar-refractivity contribution in [2.24, 2.45) is 11.3 Å². The average Bonchev–Trinajstić information content (AvgIpc) is 2.90. The smallest absolute Gasteiger partial charge is 0.336 e. The number of aromatic carboxylic acids is 1. The van der Waals surface area contributed by atoms with E-state index in [1.54, 1.807) is 19.1 Å². The Morgan fingerprint density at radius 1 is 1.39 bits per heavy atom. The Labute approximate surface area is 106 Å². The standard InChI is InChI=1S/C14H17NO3/c1-8-9(13(17)18)5-4-6-11(8)15-12(16)10-7-14(10,2)3/h4-6,10H,7H2,1-3H3,(H,15,16)(H,17,18). The topological polar surface area (TPSA) is 66.4 Å². The van der Waals surface area contributed by atoms with E-state index in [4.69, 9.17) is 5.11 Å². The van der Waals surface area contributed by atoms with Crippen LogP contribution in [0.3, 0.4) is 0 Å². The van der Waals surface area contributed by atoms with Gasteiger partial charge in [0.1, 0.15) is 0 Å². The van der Waals surface area contributed by atoms with Crippen molar-refractivity contribution < 1.29 is 14.7 Å². The maximum absolute atomic E-state index is 12.0. The van der Waals surface area contributed by atoms with Crippen LogP contribution in [0.1, 0.15) is 36.2 Å². The van der Waals surface area contributed by atoms with Crippen LogP contribution in [0.4, 0.5) is 5.69 Å². The Bertz CT molecular complexity index is 520. The first kappa shape index (κ1) is 12.6. The normalized spacial score (nSPS) is 20.3. The fourth-order valence-electron chi connectivity index (χ4n) is 2.14. The van der Waals surface area contributed by atoms with Crippen LogP contribution in [0, 0.1) is 18.3 Å². The van der Waals surface area contributed by atoms with Crippen LogP contribution in [-0.2, 0) is 4.79 Å². The fourth-order valence-corrected chi connectivity index (χ4v) is 2.14.